The Bertz CT molecular complexity index is 674. The van der Waals surface area contributed by atoms with Gasteiger partial charge in [0.1, 0.15) is 12.3 Å². The second-order valence-electron chi connectivity index (χ2n) is 6.47. The average Bonchev–Trinajstić information content (AvgIpc) is 2.92. The predicted octanol–water partition coefficient (Wildman–Crippen LogP) is 1.57. The molecule has 0 radical (unpaired) electrons. The van der Waals surface area contributed by atoms with Gasteiger partial charge in [0.15, 0.2) is 11.5 Å². The van der Waals surface area contributed by atoms with Gasteiger partial charge in [0.2, 0.25) is 0 Å². The molecule has 0 bridgehead atoms. The fraction of sp³-hybridized carbons (Fsp3) is 0.467. The van der Waals surface area contributed by atoms with Crippen molar-refractivity contribution in [3.63, 3.8) is 0 Å². The molecule has 1 amide bonds. The lowest BCUT2D eigenvalue weighted by Gasteiger charge is -2.53. The van der Waals surface area contributed by atoms with E-state index in [4.69, 9.17) is 5.26 Å². The molecule has 0 unspecified atom stereocenters. The summed E-state index contributed by atoms with van der Waals surface area (Å²) in [4.78, 5) is 25.9. The van der Waals surface area contributed by atoms with Gasteiger partial charge in [-0.3, -0.25) is 9.59 Å². The Morgan fingerprint density at radius 3 is 2.76 bits per heavy atom. The third-order valence-electron chi connectivity index (χ3n) is 4.18. The van der Waals surface area contributed by atoms with Crippen LogP contribution in [0.3, 0.4) is 0 Å². The highest BCUT2D eigenvalue weighted by molar-refractivity contribution is 6.04. The van der Waals surface area contributed by atoms with E-state index in [1.807, 2.05) is 19.9 Å². The SMILES string of the molecule is CC1(C)CC2(C=C(C#N)C1=O)CN(C(=O)c1ccon1)C2. The first-order chi connectivity index (χ1) is 9.87. The summed E-state index contributed by atoms with van der Waals surface area (Å²) in [7, 11) is 0. The van der Waals surface area contributed by atoms with Gasteiger partial charge in [0.25, 0.3) is 5.91 Å². The zero-order valence-electron chi connectivity index (χ0n) is 11.9. The highest BCUT2D eigenvalue weighted by Crippen LogP contribution is 2.48. The Morgan fingerprint density at radius 2 is 2.19 bits per heavy atom. The molecule has 1 aliphatic heterocycles. The standard InChI is InChI=1S/C15H15N3O3/c1-14(2)7-15(5-10(6-16)12(14)19)8-18(9-15)13(20)11-3-4-21-17-11/h3-5H,7-9H2,1-2H3. The molecular formula is C15H15N3O3. The molecule has 2 heterocycles. The van der Waals surface area contributed by atoms with Crippen molar-refractivity contribution in [2.45, 2.75) is 20.3 Å². The van der Waals surface area contributed by atoms with Crippen LogP contribution in [0.1, 0.15) is 30.8 Å². The van der Waals surface area contributed by atoms with Gasteiger partial charge in [-0.25, -0.2) is 0 Å². The average molecular weight is 285 g/mol. The number of rotatable bonds is 1. The van der Waals surface area contributed by atoms with Gasteiger partial charge in [-0.2, -0.15) is 5.26 Å². The Balaban J connectivity index is 1.81. The maximum atomic E-state index is 12.1. The van der Waals surface area contributed by atoms with Gasteiger partial charge < -0.3 is 9.42 Å². The van der Waals surface area contributed by atoms with E-state index in [2.05, 4.69) is 9.68 Å². The molecular weight excluding hydrogens is 270 g/mol. The van der Waals surface area contributed by atoms with Crippen LogP contribution in [-0.4, -0.2) is 34.8 Å². The third kappa shape index (κ3) is 2.05. The Hall–Kier alpha value is -2.42. The van der Waals surface area contributed by atoms with Crippen molar-refractivity contribution in [3.05, 3.63) is 29.7 Å². The van der Waals surface area contributed by atoms with Crippen LogP contribution >= 0.6 is 0 Å². The highest BCUT2D eigenvalue weighted by Gasteiger charge is 2.52. The number of likely N-dealkylation sites (tertiary alicyclic amines) is 1. The molecule has 108 valence electrons. The van der Waals surface area contributed by atoms with Gasteiger partial charge >= 0.3 is 0 Å². The maximum Gasteiger partial charge on any atom is 0.276 e. The predicted molar refractivity (Wildman–Crippen MR) is 71.9 cm³/mol. The summed E-state index contributed by atoms with van der Waals surface area (Å²) >= 11 is 0. The fourth-order valence-corrected chi connectivity index (χ4v) is 3.38. The van der Waals surface area contributed by atoms with Gasteiger partial charge in [-0.15, -0.1) is 0 Å². The van der Waals surface area contributed by atoms with Gasteiger partial charge in [-0.05, 0) is 6.42 Å². The lowest BCUT2D eigenvalue weighted by atomic mass is 9.61. The lowest BCUT2D eigenvalue weighted by Crippen LogP contribution is -2.60. The lowest BCUT2D eigenvalue weighted by molar-refractivity contribution is -0.127. The van der Waals surface area contributed by atoms with Crippen LogP contribution in [0.5, 0.6) is 0 Å². The topological polar surface area (TPSA) is 87.2 Å². The zero-order chi connectivity index (χ0) is 15.3. The minimum atomic E-state index is -0.567. The van der Waals surface area contributed by atoms with E-state index in [-0.39, 0.29) is 28.4 Å². The molecule has 1 saturated heterocycles. The van der Waals surface area contributed by atoms with Crippen LogP contribution < -0.4 is 0 Å². The number of carbonyl (C=O) groups is 2. The Labute approximate surface area is 122 Å². The molecule has 0 N–H and O–H groups in total. The fourth-order valence-electron chi connectivity index (χ4n) is 3.38. The van der Waals surface area contributed by atoms with E-state index in [1.165, 1.54) is 12.3 Å². The van der Waals surface area contributed by atoms with Gasteiger partial charge in [-0.1, -0.05) is 25.1 Å². The van der Waals surface area contributed by atoms with Crippen molar-refractivity contribution in [1.29, 1.82) is 5.26 Å². The van der Waals surface area contributed by atoms with E-state index in [1.54, 1.807) is 11.0 Å². The molecule has 2 aliphatic rings. The van der Waals surface area contributed by atoms with Crippen LogP contribution in [0.25, 0.3) is 0 Å². The molecule has 1 aromatic rings. The largest absolute Gasteiger partial charge is 0.364 e. The van der Waals surface area contributed by atoms with Gasteiger partial charge in [0, 0.05) is 30.0 Å². The van der Waals surface area contributed by atoms with Crippen molar-refractivity contribution in [3.8, 4) is 6.07 Å². The monoisotopic (exact) mass is 285 g/mol. The Morgan fingerprint density at radius 1 is 1.48 bits per heavy atom. The van der Waals surface area contributed by atoms with Crippen molar-refractivity contribution >= 4 is 11.7 Å². The number of allylic oxidation sites excluding steroid dienone is 1. The molecule has 1 fully saturated rings. The van der Waals surface area contributed by atoms with Crippen LogP contribution in [0.15, 0.2) is 28.5 Å². The minimum Gasteiger partial charge on any atom is -0.364 e. The summed E-state index contributed by atoms with van der Waals surface area (Å²) in [6.45, 7) is 4.70. The minimum absolute atomic E-state index is 0.114. The van der Waals surface area contributed by atoms with Crippen LogP contribution in [0.4, 0.5) is 0 Å². The summed E-state index contributed by atoms with van der Waals surface area (Å²) in [6, 6.07) is 3.51. The second-order valence-corrected chi connectivity index (χ2v) is 6.47. The van der Waals surface area contributed by atoms with Gasteiger partial charge in [0.05, 0.1) is 5.57 Å². The van der Waals surface area contributed by atoms with Crippen LogP contribution in [0.2, 0.25) is 0 Å². The first kappa shape index (κ1) is 13.6. The van der Waals surface area contributed by atoms with Crippen molar-refractivity contribution in [2.24, 2.45) is 10.8 Å². The summed E-state index contributed by atoms with van der Waals surface area (Å²) < 4.78 is 4.68. The molecule has 1 aliphatic carbocycles. The molecule has 0 saturated carbocycles. The Kier molecular flexibility index (Phi) is 2.77. The summed E-state index contributed by atoms with van der Waals surface area (Å²) in [6.07, 6.45) is 3.75. The first-order valence-corrected chi connectivity index (χ1v) is 6.74. The summed E-state index contributed by atoms with van der Waals surface area (Å²) in [5.74, 6) is -0.298. The number of nitrogens with zero attached hydrogens (tertiary/aromatic N) is 3. The molecule has 1 spiro atoms. The molecule has 6 nitrogen and oxygen atoms in total. The number of aromatic nitrogens is 1. The van der Waals surface area contributed by atoms with Crippen LogP contribution in [-0.2, 0) is 4.79 Å². The molecule has 3 rings (SSSR count). The quantitative estimate of drug-likeness (QED) is 0.781. The van der Waals surface area contributed by atoms with Crippen LogP contribution in [0, 0.1) is 22.2 Å². The highest BCUT2D eigenvalue weighted by atomic mass is 16.5. The number of hydrogen-bond acceptors (Lipinski definition) is 5. The number of Topliss-reactive ketones (excluding diaryl/α,β-unsaturated/α-hetero) is 1. The van der Waals surface area contributed by atoms with E-state index < -0.39 is 5.41 Å². The maximum absolute atomic E-state index is 12.1. The third-order valence-corrected chi connectivity index (χ3v) is 4.18. The van der Waals surface area contributed by atoms with Crippen molar-refractivity contribution < 1.29 is 14.1 Å². The number of amides is 1. The summed E-state index contributed by atoms with van der Waals surface area (Å²) in [5.41, 5.74) is -0.356. The zero-order valence-corrected chi connectivity index (χ0v) is 11.9. The summed E-state index contributed by atoms with van der Waals surface area (Å²) in [5, 5.41) is 12.8. The molecule has 6 heteroatoms. The molecule has 21 heavy (non-hydrogen) atoms. The molecule has 0 atom stereocenters. The van der Waals surface area contributed by atoms with Crippen molar-refractivity contribution in [2.75, 3.05) is 13.1 Å². The van der Waals surface area contributed by atoms with E-state index in [9.17, 15) is 9.59 Å². The normalized spacial score (nSPS) is 22.4. The van der Waals surface area contributed by atoms with Crippen molar-refractivity contribution in [1.82, 2.24) is 10.1 Å². The smallest absolute Gasteiger partial charge is 0.276 e. The number of hydrogen-bond donors (Lipinski definition) is 0. The number of ketones is 1. The molecule has 0 aromatic carbocycles. The number of carbonyl (C=O) groups excluding carboxylic acids is 2. The first-order valence-electron chi connectivity index (χ1n) is 6.74. The van der Waals surface area contributed by atoms with E-state index in [0.29, 0.717) is 19.5 Å². The van der Waals surface area contributed by atoms with E-state index >= 15 is 0 Å². The number of nitriles is 1. The van der Waals surface area contributed by atoms with E-state index in [0.717, 1.165) is 0 Å². The molecule has 1 aromatic heterocycles. The second kappa shape index (κ2) is 4.29.